The first-order valence-electron chi connectivity index (χ1n) is 24.8. The largest absolute Gasteiger partial charge is 0.444 e. The lowest BCUT2D eigenvalue weighted by Gasteiger charge is -2.46. The highest BCUT2D eigenvalue weighted by Gasteiger charge is 2.40. The number of nitrogens with one attached hydrogen (secondary N) is 1. The summed E-state index contributed by atoms with van der Waals surface area (Å²) in [6.45, 7) is 47.2. The Labute approximate surface area is 367 Å². The van der Waals surface area contributed by atoms with Gasteiger partial charge in [-0.15, -0.1) is 6.58 Å². The van der Waals surface area contributed by atoms with Crippen LogP contribution in [0.25, 0.3) is 0 Å². The van der Waals surface area contributed by atoms with Crippen molar-refractivity contribution in [3.8, 4) is 0 Å². The number of hydrogen-bond acceptors (Lipinski definition) is 7. The van der Waals surface area contributed by atoms with Crippen LogP contribution in [-0.2, 0) is 9.47 Å². The van der Waals surface area contributed by atoms with Crippen LogP contribution in [0.2, 0.25) is 0 Å². The zero-order chi connectivity index (χ0) is 45.0. The molecule has 5 heterocycles. The predicted molar refractivity (Wildman–Crippen MR) is 254 cm³/mol. The summed E-state index contributed by atoms with van der Waals surface area (Å²) >= 11 is 0. The van der Waals surface area contributed by atoms with E-state index in [-0.39, 0.29) is 23.4 Å². The van der Waals surface area contributed by atoms with Crippen LogP contribution in [0.3, 0.4) is 0 Å². The Bertz CT molecular complexity index is 1050. The number of piperidine rings is 2. The molecular formula is C50H101N5O4. The number of carbonyl (C=O) groups excluding carboxylic acids is 2. The lowest BCUT2D eigenvalue weighted by molar-refractivity contribution is -0.0196. The average molecular weight is 836 g/mol. The number of hydrogen-bond donors (Lipinski definition) is 1. The van der Waals surface area contributed by atoms with E-state index in [9.17, 15) is 9.59 Å². The number of nitrogens with zero attached hydrogens (tertiary/aromatic N) is 4. The molecule has 0 aromatic carbocycles. The maximum absolute atomic E-state index is 11.9. The second kappa shape index (κ2) is 31.9. The molecule has 6 fully saturated rings. The first-order chi connectivity index (χ1) is 28.2. The van der Waals surface area contributed by atoms with Gasteiger partial charge in [-0.05, 0) is 162 Å². The van der Waals surface area contributed by atoms with Gasteiger partial charge in [0.15, 0.2) is 0 Å². The van der Waals surface area contributed by atoms with Crippen LogP contribution in [0, 0.1) is 35.5 Å². The number of allylic oxidation sites excluding steroid dienone is 1. The van der Waals surface area contributed by atoms with E-state index in [0.717, 1.165) is 55.8 Å². The van der Waals surface area contributed by atoms with Crippen LogP contribution < -0.4 is 5.32 Å². The van der Waals surface area contributed by atoms with E-state index in [1.54, 1.807) is 6.08 Å². The van der Waals surface area contributed by atoms with Gasteiger partial charge < -0.3 is 34.4 Å². The minimum absolute atomic E-state index is 0.135. The zero-order valence-electron chi connectivity index (χ0n) is 41.9. The molecule has 1 saturated carbocycles. The Morgan fingerprint density at radius 3 is 1.22 bits per heavy atom. The van der Waals surface area contributed by atoms with Crippen molar-refractivity contribution in [2.45, 2.75) is 186 Å². The molecule has 350 valence electrons. The number of rotatable bonds is 7. The first kappa shape index (κ1) is 57.2. The Kier molecular flexibility index (Phi) is 30.9. The molecule has 59 heavy (non-hydrogen) atoms. The lowest BCUT2D eigenvalue weighted by atomic mass is 9.76. The fourth-order valence-corrected chi connectivity index (χ4v) is 8.81. The summed E-state index contributed by atoms with van der Waals surface area (Å²) in [5, 5.41) is 3.39. The molecule has 9 heteroatoms. The third-order valence-corrected chi connectivity index (χ3v) is 11.7. The van der Waals surface area contributed by atoms with Crippen LogP contribution in [0.15, 0.2) is 12.7 Å². The number of amides is 2. The third-order valence-electron chi connectivity index (χ3n) is 11.7. The Hall–Kier alpha value is -1.84. The van der Waals surface area contributed by atoms with Gasteiger partial charge in [-0.2, -0.15) is 0 Å². The molecule has 6 aliphatic rings. The van der Waals surface area contributed by atoms with Crippen molar-refractivity contribution in [1.82, 2.24) is 24.9 Å². The van der Waals surface area contributed by atoms with Crippen molar-refractivity contribution >= 4 is 12.2 Å². The molecule has 9 nitrogen and oxygen atoms in total. The maximum atomic E-state index is 11.9. The number of ether oxygens (including phenoxy) is 2. The Morgan fingerprint density at radius 1 is 0.559 bits per heavy atom. The van der Waals surface area contributed by atoms with Crippen molar-refractivity contribution in [2.75, 3.05) is 78.5 Å². The van der Waals surface area contributed by atoms with Gasteiger partial charge >= 0.3 is 12.2 Å². The quantitative estimate of drug-likeness (QED) is 0.256. The van der Waals surface area contributed by atoms with E-state index in [1.165, 1.54) is 123 Å². The van der Waals surface area contributed by atoms with Gasteiger partial charge in [0.05, 0.1) is 0 Å². The summed E-state index contributed by atoms with van der Waals surface area (Å²) in [5.41, 5.74) is -0.752. The zero-order valence-corrected chi connectivity index (χ0v) is 41.9. The standard InChI is InChI=1S/C16H30N2O2.C14H25NO2.C11H22N2.C3H6.3C2H6/c1-5-8-17-9-6-7-13(10-17)14-11-18(12-14)15(19)20-16(2,3)4;1-14(2,3)17-13(16)15-9-12(10-15)11-7-5-4-6-8-11;1-2-5-13-6-3-4-10(9-13)11-7-12-8-11;1-3-2;3*1-2/h13-14H,5-12H2,1-4H3;11-12H,4-10H2,1-3H3;10-12H,2-9H2,1H3;3H,1H2,2H3;3*1-2H3. The fourth-order valence-electron chi connectivity index (χ4n) is 8.81. The molecule has 0 radical (unpaired) electrons. The molecule has 2 unspecified atom stereocenters. The van der Waals surface area contributed by atoms with Gasteiger partial charge in [0.1, 0.15) is 11.2 Å². The molecular weight excluding hydrogens is 735 g/mol. The van der Waals surface area contributed by atoms with Crippen LogP contribution in [0.1, 0.15) is 174 Å². The monoisotopic (exact) mass is 836 g/mol. The molecule has 5 saturated heterocycles. The molecule has 0 spiro atoms. The topological polar surface area (TPSA) is 77.6 Å². The number of likely N-dealkylation sites (tertiary alicyclic amines) is 4. The average Bonchev–Trinajstić information content (AvgIpc) is 3.13. The normalized spacial score (nSPS) is 22.8. The molecule has 6 rings (SSSR count). The van der Waals surface area contributed by atoms with Gasteiger partial charge in [0.25, 0.3) is 0 Å². The van der Waals surface area contributed by atoms with E-state index in [0.29, 0.717) is 5.92 Å². The molecule has 1 N–H and O–H groups in total. The van der Waals surface area contributed by atoms with Crippen LogP contribution in [-0.4, -0.2) is 122 Å². The highest BCUT2D eigenvalue weighted by atomic mass is 16.6. The van der Waals surface area contributed by atoms with Gasteiger partial charge in [-0.3, -0.25) is 0 Å². The fraction of sp³-hybridized carbons (Fsp3) is 0.920. The van der Waals surface area contributed by atoms with E-state index in [1.807, 2.05) is 99.8 Å². The second-order valence-electron chi connectivity index (χ2n) is 18.9. The van der Waals surface area contributed by atoms with Gasteiger partial charge in [-0.1, -0.05) is 93.6 Å². The molecule has 2 amide bonds. The minimum Gasteiger partial charge on any atom is -0.444 e. The SMILES string of the molecule is C=CC.CC.CC.CC.CC(C)(C)OC(=O)N1CC(C2CCCCC2)C1.CCCN1CCCC(C2CN(C(=O)OC(C)(C)C)C2)C1.CCCN1CCCC(C2CNC2)C1. The lowest BCUT2D eigenvalue weighted by Crippen LogP contribution is -2.56. The number of carbonyl (C=O) groups is 2. The van der Waals surface area contributed by atoms with Crippen LogP contribution in [0.4, 0.5) is 9.59 Å². The van der Waals surface area contributed by atoms with Crippen LogP contribution >= 0.6 is 0 Å². The third kappa shape index (κ3) is 23.3. The molecule has 0 aromatic heterocycles. The summed E-state index contributed by atoms with van der Waals surface area (Å²) in [5.74, 6) is 5.06. The summed E-state index contributed by atoms with van der Waals surface area (Å²) < 4.78 is 10.8. The molecule has 2 atom stereocenters. The van der Waals surface area contributed by atoms with E-state index in [2.05, 4.69) is 35.5 Å². The highest BCUT2D eigenvalue weighted by molar-refractivity contribution is 5.69. The van der Waals surface area contributed by atoms with Crippen molar-refractivity contribution < 1.29 is 19.1 Å². The molecule has 0 bridgehead atoms. The first-order valence-corrected chi connectivity index (χ1v) is 24.8. The van der Waals surface area contributed by atoms with E-state index >= 15 is 0 Å². The minimum atomic E-state index is -0.384. The van der Waals surface area contributed by atoms with Crippen molar-refractivity contribution in [3.63, 3.8) is 0 Å². The molecule has 5 aliphatic heterocycles. The Balaban J connectivity index is 0.000000789. The van der Waals surface area contributed by atoms with Crippen molar-refractivity contribution in [3.05, 3.63) is 12.7 Å². The van der Waals surface area contributed by atoms with Crippen molar-refractivity contribution in [2.24, 2.45) is 35.5 Å². The van der Waals surface area contributed by atoms with Gasteiger partial charge in [0, 0.05) is 39.3 Å². The Morgan fingerprint density at radius 2 is 0.898 bits per heavy atom. The summed E-state index contributed by atoms with van der Waals surface area (Å²) in [4.78, 5) is 32.7. The molecule has 0 aromatic rings. The van der Waals surface area contributed by atoms with Crippen molar-refractivity contribution in [1.29, 1.82) is 0 Å². The highest BCUT2D eigenvalue weighted by Crippen LogP contribution is 2.36. The molecule has 1 aliphatic carbocycles. The van der Waals surface area contributed by atoms with Crippen LogP contribution in [0.5, 0.6) is 0 Å². The van der Waals surface area contributed by atoms with E-state index < -0.39 is 0 Å². The predicted octanol–water partition coefficient (Wildman–Crippen LogP) is 12.0. The summed E-state index contributed by atoms with van der Waals surface area (Å²) in [7, 11) is 0. The van der Waals surface area contributed by atoms with Gasteiger partial charge in [0.2, 0.25) is 0 Å². The second-order valence-corrected chi connectivity index (χ2v) is 18.9. The smallest absolute Gasteiger partial charge is 0.410 e. The van der Waals surface area contributed by atoms with Gasteiger partial charge in [-0.25, -0.2) is 9.59 Å². The van der Waals surface area contributed by atoms with E-state index in [4.69, 9.17) is 9.47 Å². The maximum Gasteiger partial charge on any atom is 0.410 e. The summed E-state index contributed by atoms with van der Waals surface area (Å²) in [6.07, 6.45) is 16.5. The summed E-state index contributed by atoms with van der Waals surface area (Å²) in [6, 6.07) is 0.